The molecule has 0 radical (unpaired) electrons. The lowest BCUT2D eigenvalue weighted by Gasteiger charge is -2.44. The fourth-order valence-electron chi connectivity index (χ4n) is 5.70. The monoisotopic (exact) mass is 555 g/mol. The van der Waals surface area contributed by atoms with Gasteiger partial charge >= 0.3 is 0 Å². The quantitative estimate of drug-likeness (QED) is 0.289. The van der Waals surface area contributed by atoms with Crippen LogP contribution in [0.3, 0.4) is 0 Å². The van der Waals surface area contributed by atoms with Crippen molar-refractivity contribution in [2.24, 2.45) is 5.92 Å². The summed E-state index contributed by atoms with van der Waals surface area (Å²) in [4.78, 5) is 27.0. The second-order valence-corrected chi connectivity index (χ2v) is 12.1. The topological polar surface area (TPSA) is 77.8 Å². The minimum absolute atomic E-state index is 0.00327. The first-order chi connectivity index (χ1) is 19.4. The van der Waals surface area contributed by atoms with Crippen LogP contribution in [-0.2, 0) is 11.3 Å². The predicted molar refractivity (Wildman–Crippen MR) is 159 cm³/mol. The number of aromatic nitrogens is 3. The van der Waals surface area contributed by atoms with Gasteiger partial charge in [-0.15, -0.1) is 0 Å². The highest BCUT2D eigenvalue weighted by atomic mass is 35.5. The first-order valence-corrected chi connectivity index (χ1v) is 14.5. The van der Waals surface area contributed by atoms with E-state index >= 15 is 0 Å². The summed E-state index contributed by atoms with van der Waals surface area (Å²) < 4.78 is 2.20. The maximum Gasteiger partial charge on any atom is 0.229 e. The zero-order chi connectivity index (χ0) is 27.4. The number of carbonyl (C=O) groups is 1. The Morgan fingerprint density at radius 2 is 1.95 bits per heavy atom. The Morgan fingerprint density at radius 1 is 1.10 bits per heavy atom. The van der Waals surface area contributed by atoms with E-state index in [0.29, 0.717) is 29.3 Å². The van der Waals surface area contributed by atoms with Crippen LogP contribution in [0.4, 0.5) is 17.2 Å². The lowest BCUT2D eigenvalue weighted by Crippen LogP contribution is -2.57. The van der Waals surface area contributed by atoms with Gasteiger partial charge in [0.05, 0.1) is 17.9 Å². The molecule has 1 amide bonds. The van der Waals surface area contributed by atoms with Crippen molar-refractivity contribution >= 4 is 40.3 Å². The molecule has 2 aliphatic carbocycles. The predicted octanol–water partition coefficient (Wildman–Crippen LogP) is 5.36. The van der Waals surface area contributed by atoms with Gasteiger partial charge in [0, 0.05) is 60.4 Å². The number of fused-ring (bicyclic) bond motifs is 1. The molecule has 0 bridgehead atoms. The van der Waals surface area contributed by atoms with E-state index in [0.717, 1.165) is 42.1 Å². The molecule has 206 valence electrons. The summed E-state index contributed by atoms with van der Waals surface area (Å²) >= 11 is 6.13. The lowest BCUT2D eigenvalue weighted by atomic mass is 10.1. The smallest absolute Gasteiger partial charge is 0.229 e. The fourth-order valence-corrected chi connectivity index (χ4v) is 5.90. The average Bonchev–Trinajstić information content (AvgIpc) is 3.83. The van der Waals surface area contributed by atoms with Gasteiger partial charge in [-0.05, 0) is 80.6 Å². The van der Waals surface area contributed by atoms with Gasteiger partial charge in [0.15, 0.2) is 5.65 Å². The molecule has 2 saturated carbocycles. The number of rotatable bonds is 9. The third-order valence-electron chi connectivity index (χ3n) is 8.47. The number of likely N-dealkylation sites (N-methyl/N-ethyl adjacent to an activating group) is 1. The summed E-state index contributed by atoms with van der Waals surface area (Å²) in [5.74, 6) is 1.39. The minimum Gasteiger partial charge on any atom is -0.379 e. The summed E-state index contributed by atoms with van der Waals surface area (Å²) in [6, 6.07) is 14.5. The molecule has 2 N–H and O–H groups in total. The first-order valence-electron chi connectivity index (χ1n) is 14.1. The number of nitrogens with one attached hydrogen (secondary N) is 2. The van der Waals surface area contributed by atoms with E-state index in [-0.39, 0.29) is 17.7 Å². The number of pyridine rings is 2. The van der Waals surface area contributed by atoms with Crippen molar-refractivity contribution in [2.75, 3.05) is 42.7 Å². The minimum atomic E-state index is -0.0519. The van der Waals surface area contributed by atoms with Crippen molar-refractivity contribution in [1.29, 1.82) is 0 Å². The van der Waals surface area contributed by atoms with Gasteiger partial charge in [0.25, 0.3) is 0 Å². The molecule has 1 aromatic carbocycles. The van der Waals surface area contributed by atoms with Crippen molar-refractivity contribution in [3.63, 3.8) is 0 Å². The summed E-state index contributed by atoms with van der Waals surface area (Å²) in [6.07, 6.45) is 9.48. The van der Waals surface area contributed by atoms with Crippen LogP contribution in [-0.4, -0.2) is 58.4 Å². The highest BCUT2D eigenvalue weighted by Gasteiger charge is 2.44. The standard InChI is InChI=1S/C31H34ClN7O/c1-37(2)25-17-38(18-25)28-11-21(19-6-7-19)15-39-16-24(35-30(28)39)14-34-23-8-9-33-29(12-23)36-31(40)27-13-26(27)20-4-3-5-22(32)10-20/h3-5,8-12,15-16,19,25-27H,6-7,13-14,17-18H2,1-2H3,(H2,33,34,36,40)/t26-,27+/m1/s1. The summed E-state index contributed by atoms with van der Waals surface area (Å²) in [7, 11) is 4.30. The van der Waals surface area contributed by atoms with Crippen molar-refractivity contribution in [3.05, 3.63) is 82.9 Å². The normalized spacial score (nSPS) is 20.6. The van der Waals surface area contributed by atoms with E-state index in [1.54, 1.807) is 6.20 Å². The second kappa shape index (κ2) is 10.1. The molecule has 3 fully saturated rings. The van der Waals surface area contributed by atoms with E-state index < -0.39 is 0 Å². The van der Waals surface area contributed by atoms with Gasteiger partial charge in [0.2, 0.25) is 5.91 Å². The molecule has 0 unspecified atom stereocenters. The van der Waals surface area contributed by atoms with Gasteiger partial charge < -0.3 is 24.8 Å². The molecule has 3 aliphatic rings. The Morgan fingerprint density at radius 3 is 2.73 bits per heavy atom. The molecule has 8 nitrogen and oxygen atoms in total. The van der Waals surface area contributed by atoms with E-state index in [2.05, 4.69) is 62.4 Å². The largest absolute Gasteiger partial charge is 0.379 e. The first kappa shape index (κ1) is 25.4. The summed E-state index contributed by atoms with van der Waals surface area (Å²) in [5, 5.41) is 7.16. The SMILES string of the molecule is CN(C)C1CN(c2cc(C3CC3)cn3cc(CNc4ccnc(NC(=O)[C@H]5C[C@@H]5c5cccc(Cl)c5)c4)nc23)C1. The molecule has 4 aromatic rings. The molecule has 1 saturated heterocycles. The van der Waals surface area contributed by atoms with E-state index in [1.165, 1.54) is 24.1 Å². The Labute approximate surface area is 239 Å². The van der Waals surface area contributed by atoms with Gasteiger partial charge in [-0.1, -0.05) is 23.7 Å². The van der Waals surface area contributed by atoms with E-state index in [1.807, 2.05) is 36.4 Å². The number of amides is 1. The molecule has 9 heteroatoms. The Kier molecular flexibility index (Phi) is 6.40. The molecular formula is C31H34ClN7O. The highest BCUT2D eigenvalue weighted by Crippen LogP contribution is 2.48. The van der Waals surface area contributed by atoms with Crippen LogP contribution in [0.25, 0.3) is 5.65 Å². The van der Waals surface area contributed by atoms with Crippen molar-refractivity contribution in [1.82, 2.24) is 19.3 Å². The number of hydrogen-bond donors (Lipinski definition) is 2. The zero-order valence-electron chi connectivity index (χ0n) is 22.8. The Bertz CT molecular complexity index is 1570. The van der Waals surface area contributed by atoms with Crippen molar-refractivity contribution < 1.29 is 4.79 Å². The number of anilines is 3. The van der Waals surface area contributed by atoms with Crippen LogP contribution in [0, 0.1) is 5.92 Å². The molecule has 40 heavy (non-hydrogen) atoms. The van der Waals surface area contributed by atoms with E-state index in [4.69, 9.17) is 16.6 Å². The van der Waals surface area contributed by atoms with Gasteiger partial charge in [-0.2, -0.15) is 0 Å². The number of benzene rings is 1. The van der Waals surface area contributed by atoms with Crippen LogP contribution in [0.5, 0.6) is 0 Å². The van der Waals surface area contributed by atoms with Crippen LogP contribution in [0.2, 0.25) is 5.02 Å². The van der Waals surface area contributed by atoms with Crippen LogP contribution in [0.1, 0.15) is 47.9 Å². The maximum atomic E-state index is 12.9. The van der Waals surface area contributed by atoms with Crippen molar-refractivity contribution in [2.45, 2.75) is 43.7 Å². The number of imidazole rings is 1. The number of halogens is 1. The van der Waals surface area contributed by atoms with Crippen LogP contribution in [0.15, 0.2) is 61.1 Å². The van der Waals surface area contributed by atoms with E-state index in [9.17, 15) is 4.79 Å². The Hall–Kier alpha value is -3.62. The second-order valence-electron chi connectivity index (χ2n) is 11.7. The lowest BCUT2D eigenvalue weighted by molar-refractivity contribution is -0.117. The molecule has 2 atom stereocenters. The van der Waals surface area contributed by atoms with Gasteiger partial charge in [-0.25, -0.2) is 9.97 Å². The molecule has 7 rings (SSSR count). The fraction of sp³-hybridized carbons (Fsp3) is 0.387. The summed E-state index contributed by atoms with van der Waals surface area (Å²) in [5.41, 5.74) is 6.64. The Balaban J connectivity index is 1.02. The third-order valence-corrected chi connectivity index (χ3v) is 8.71. The number of carbonyl (C=O) groups excluding carboxylic acids is 1. The molecule has 0 spiro atoms. The maximum absolute atomic E-state index is 12.9. The van der Waals surface area contributed by atoms with Crippen molar-refractivity contribution in [3.8, 4) is 0 Å². The average molecular weight is 556 g/mol. The zero-order valence-corrected chi connectivity index (χ0v) is 23.6. The molecule has 3 aromatic heterocycles. The third kappa shape index (κ3) is 5.13. The summed E-state index contributed by atoms with van der Waals surface area (Å²) in [6.45, 7) is 2.64. The molecule has 1 aliphatic heterocycles. The molecular weight excluding hydrogens is 522 g/mol. The number of nitrogens with zero attached hydrogens (tertiary/aromatic N) is 5. The van der Waals surface area contributed by atoms with Crippen LogP contribution < -0.4 is 15.5 Å². The van der Waals surface area contributed by atoms with Gasteiger partial charge in [0.1, 0.15) is 5.82 Å². The van der Waals surface area contributed by atoms with Gasteiger partial charge in [-0.3, -0.25) is 4.79 Å². The highest BCUT2D eigenvalue weighted by molar-refractivity contribution is 6.30. The number of hydrogen-bond acceptors (Lipinski definition) is 6. The van der Waals surface area contributed by atoms with Crippen LogP contribution >= 0.6 is 11.6 Å². The molecule has 4 heterocycles.